The molecule has 2 aliphatic rings. The van der Waals surface area contributed by atoms with Gasteiger partial charge in [0.05, 0.1) is 16.0 Å². The van der Waals surface area contributed by atoms with Crippen LogP contribution in [-0.4, -0.2) is 36.0 Å². The second-order valence-electron chi connectivity index (χ2n) is 7.25. The molecule has 1 aromatic carbocycles. The molecule has 2 fully saturated rings. The Morgan fingerprint density at radius 3 is 2.41 bits per heavy atom. The highest BCUT2D eigenvalue weighted by Crippen LogP contribution is 2.36. The van der Waals surface area contributed by atoms with Gasteiger partial charge in [-0.05, 0) is 37.8 Å². The molecule has 0 atom stereocenters. The average molecular weight is 413 g/mol. The van der Waals surface area contributed by atoms with Gasteiger partial charge in [-0.25, -0.2) is 8.42 Å². The Labute approximate surface area is 165 Å². The predicted octanol–water partition coefficient (Wildman–Crippen LogP) is 3.06. The molecule has 1 aliphatic heterocycles. The van der Waals surface area contributed by atoms with Crippen LogP contribution in [0.2, 0.25) is 0 Å². The Morgan fingerprint density at radius 2 is 1.70 bits per heavy atom. The van der Waals surface area contributed by atoms with Gasteiger partial charge in [-0.3, -0.25) is 0 Å². The van der Waals surface area contributed by atoms with E-state index in [1.807, 2.05) is 0 Å². The van der Waals surface area contributed by atoms with Crippen molar-refractivity contribution in [2.75, 3.05) is 13.1 Å². The minimum atomic E-state index is -3.59. The summed E-state index contributed by atoms with van der Waals surface area (Å²) < 4.78 is 33.2. The number of aromatic nitrogens is 2. The quantitative estimate of drug-likeness (QED) is 0.827. The van der Waals surface area contributed by atoms with E-state index in [9.17, 15) is 8.42 Å². The Bertz CT molecular complexity index is 888. The fourth-order valence-electron chi connectivity index (χ4n) is 3.88. The van der Waals surface area contributed by atoms with E-state index in [0.29, 0.717) is 24.5 Å². The second kappa shape index (κ2) is 7.87. The minimum absolute atomic E-state index is 0. The van der Waals surface area contributed by atoms with Crippen molar-refractivity contribution in [3.05, 3.63) is 30.1 Å². The van der Waals surface area contributed by atoms with Gasteiger partial charge in [0, 0.05) is 13.1 Å². The molecular weight excluding hydrogens is 388 g/mol. The molecule has 27 heavy (non-hydrogen) atoms. The molecule has 9 heteroatoms. The maximum atomic E-state index is 13.1. The summed E-state index contributed by atoms with van der Waals surface area (Å²) in [4.78, 5) is 4.69. The zero-order valence-electron chi connectivity index (χ0n) is 15.1. The van der Waals surface area contributed by atoms with Crippen molar-refractivity contribution >= 4 is 22.4 Å². The molecule has 2 heterocycles. The van der Waals surface area contributed by atoms with E-state index in [-0.39, 0.29) is 23.2 Å². The third-order valence-electron chi connectivity index (χ3n) is 5.42. The van der Waals surface area contributed by atoms with Crippen LogP contribution in [0.1, 0.15) is 50.8 Å². The predicted molar refractivity (Wildman–Crippen MR) is 104 cm³/mol. The summed E-state index contributed by atoms with van der Waals surface area (Å²) in [5, 5.41) is 4.06. The largest absolute Gasteiger partial charge is 0.334 e. The molecule has 7 nitrogen and oxygen atoms in total. The summed E-state index contributed by atoms with van der Waals surface area (Å²) in [6, 6.07) is 6.82. The summed E-state index contributed by atoms with van der Waals surface area (Å²) in [5.74, 6) is 0.683. The van der Waals surface area contributed by atoms with Crippen molar-refractivity contribution in [1.29, 1.82) is 0 Å². The Kier molecular flexibility index (Phi) is 5.90. The number of piperidine rings is 1. The maximum absolute atomic E-state index is 13.1. The van der Waals surface area contributed by atoms with Crippen molar-refractivity contribution in [1.82, 2.24) is 14.4 Å². The molecule has 4 rings (SSSR count). The lowest BCUT2D eigenvalue weighted by Crippen LogP contribution is -2.35. The lowest BCUT2D eigenvalue weighted by Gasteiger charge is -2.26. The number of rotatable bonds is 4. The molecule has 1 saturated heterocycles. The van der Waals surface area contributed by atoms with Crippen LogP contribution >= 0.6 is 12.4 Å². The van der Waals surface area contributed by atoms with Crippen LogP contribution in [0, 0.1) is 0 Å². The van der Waals surface area contributed by atoms with E-state index in [4.69, 9.17) is 10.3 Å². The van der Waals surface area contributed by atoms with E-state index in [2.05, 4.69) is 10.1 Å². The SMILES string of the molecule is Cl.NC1(c2noc(-c3ccccc3S(=O)(=O)N3CCCCC3)n2)CCCC1. The smallest absolute Gasteiger partial charge is 0.259 e. The van der Waals surface area contributed by atoms with Crippen LogP contribution in [-0.2, 0) is 15.6 Å². The van der Waals surface area contributed by atoms with Gasteiger partial charge in [-0.2, -0.15) is 9.29 Å². The van der Waals surface area contributed by atoms with Crippen LogP contribution in [0.15, 0.2) is 33.7 Å². The second-order valence-corrected chi connectivity index (χ2v) is 9.15. The number of nitrogens with zero attached hydrogens (tertiary/aromatic N) is 3. The molecule has 0 radical (unpaired) electrons. The van der Waals surface area contributed by atoms with Crippen LogP contribution in [0.3, 0.4) is 0 Å². The van der Waals surface area contributed by atoms with Crippen molar-refractivity contribution in [2.24, 2.45) is 5.73 Å². The third-order valence-corrected chi connectivity index (χ3v) is 7.37. The molecule has 0 unspecified atom stereocenters. The highest BCUT2D eigenvalue weighted by Gasteiger charge is 2.37. The number of benzene rings is 1. The van der Waals surface area contributed by atoms with E-state index < -0.39 is 15.6 Å². The zero-order valence-corrected chi connectivity index (χ0v) is 16.8. The van der Waals surface area contributed by atoms with Gasteiger partial charge in [-0.15, -0.1) is 12.4 Å². The maximum Gasteiger partial charge on any atom is 0.259 e. The molecule has 2 N–H and O–H groups in total. The third kappa shape index (κ3) is 3.76. The molecule has 0 spiro atoms. The summed E-state index contributed by atoms with van der Waals surface area (Å²) >= 11 is 0. The number of hydrogen-bond acceptors (Lipinski definition) is 6. The standard InChI is InChI=1S/C18H24N4O3S.ClH/c19-18(10-4-5-11-18)17-20-16(25-21-17)14-8-2-3-9-15(14)26(23,24)22-12-6-1-7-13-22;/h2-3,8-9H,1,4-7,10-13,19H2;1H. The Hall–Kier alpha value is -1.48. The molecular formula is C18H25ClN4O3S. The molecule has 1 aliphatic carbocycles. The van der Waals surface area contributed by atoms with E-state index in [1.165, 1.54) is 0 Å². The molecule has 1 saturated carbocycles. The highest BCUT2D eigenvalue weighted by atomic mass is 35.5. The van der Waals surface area contributed by atoms with E-state index in [0.717, 1.165) is 44.9 Å². The van der Waals surface area contributed by atoms with Gasteiger partial charge < -0.3 is 10.3 Å². The average Bonchev–Trinajstić information content (AvgIpc) is 3.33. The molecule has 1 aromatic heterocycles. The van der Waals surface area contributed by atoms with Gasteiger partial charge in [0.2, 0.25) is 10.0 Å². The Morgan fingerprint density at radius 1 is 1.04 bits per heavy atom. The first-order valence-corrected chi connectivity index (χ1v) is 10.7. The fraction of sp³-hybridized carbons (Fsp3) is 0.556. The van der Waals surface area contributed by atoms with Gasteiger partial charge in [0.25, 0.3) is 5.89 Å². The van der Waals surface area contributed by atoms with Crippen molar-refractivity contribution in [3.8, 4) is 11.5 Å². The zero-order chi connectivity index (χ0) is 18.2. The lowest BCUT2D eigenvalue weighted by molar-refractivity contribution is 0.346. The van der Waals surface area contributed by atoms with Gasteiger partial charge in [0.15, 0.2) is 5.82 Å². The lowest BCUT2D eigenvalue weighted by atomic mass is 9.99. The first kappa shape index (κ1) is 20.3. The first-order chi connectivity index (χ1) is 12.5. The summed E-state index contributed by atoms with van der Waals surface area (Å²) in [7, 11) is -3.59. The summed E-state index contributed by atoms with van der Waals surface area (Å²) in [6.45, 7) is 1.11. The minimum Gasteiger partial charge on any atom is -0.334 e. The van der Waals surface area contributed by atoms with E-state index in [1.54, 1.807) is 28.6 Å². The normalized spacial score (nSPS) is 20.3. The van der Waals surface area contributed by atoms with Crippen molar-refractivity contribution in [3.63, 3.8) is 0 Å². The van der Waals surface area contributed by atoms with Gasteiger partial charge in [0.1, 0.15) is 0 Å². The van der Waals surface area contributed by atoms with Crippen LogP contribution in [0.5, 0.6) is 0 Å². The van der Waals surface area contributed by atoms with E-state index >= 15 is 0 Å². The van der Waals surface area contributed by atoms with Gasteiger partial charge >= 0.3 is 0 Å². The summed E-state index contributed by atoms with van der Waals surface area (Å²) in [5.41, 5.74) is 6.28. The number of nitrogens with two attached hydrogens (primary N) is 1. The molecule has 0 amide bonds. The van der Waals surface area contributed by atoms with Crippen LogP contribution in [0.25, 0.3) is 11.5 Å². The molecule has 148 valence electrons. The number of hydrogen-bond donors (Lipinski definition) is 1. The highest BCUT2D eigenvalue weighted by molar-refractivity contribution is 7.89. The molecule has 0 bridgehead atoms. The fourth-order valence-corrected chi connectivity index (χ4v) is 5.58. The molecule has 2 aromatic rings. The van der Waals surface area contributed by atoms with Crippen LogP contribution in [0.4, 0.5) is 0 Å². The van der Waals surface area contributed by atoms with Crippen LogP contribution < -0.4 is 5.73 Å². The van der Waals surface area contributed by atoms with Gasteiger partial charge in [-0.1, -0.05) is 36.6 Å². The van der Waals surface area contributed by atoms with Crippen molar-refractivity contribution < 1.29 is 12.9 Å². The Balaban J connectivity index is 0.00000210. The first-order valence-electron chi connectivity index (χ1n) is 9.23. The topological polar surface area (TPSA) is 102 Å². The van der Waals surface area contributed by atoms with Crippen molar-refractivity contribution in [2.45, 2.75) is 55.4 Å². The number of halogens is 1. The number of sulfonamides is 1. The monoisotopic (exact) mass is 412 g/mol. The summed E-state index contributed by atoms with van der Waals surface area (Å²) in [6.07, 6.45) is 6.57.